The second-order valence-corrected chi connectivity index (χ2v) is 6.23. The fourth-order valence-corrected chi connectivity index (χ4v) is 3.54. The van der Waals surface area contributed by atoms with E-state index in [1.807, 2.05) is 25.1 Å². The van der Waals surface area contributed by atoms with Crippen LogP contribution in [-0.2, 0) is 10.3 Å². The molecular formula is C21H27NO3. The largest absolute Gasteiger partial charge is 0.493 e. The standard InChI is InChI=1S/C21H27NO3/c1-5-21(6-2)16-10-8-9-11-17(16)22-20(25-21)15-12-13-18(24-7-3)19(14-15)23-4/h8-14,20,22H,5-7H2,1-4H3/t20-/m0/s1. The molecule has 0 fully saturated rings. The highest BCUT2D eigenvalue weighted by Crippen LogP contribution is 2.46. The molecule has 0 radical (unpaired) electrons. The fourth-order valence-electron chi connectivity index (χ4n) is 3.54. The van der Waals surface area contributed by atoms with E-state index in [-0.39, 0.29) is 11.8 Å². The van der Waals surface area contributed by atoms with Crippen molar-refractivity contribution in [2.75, 3.05) is 19.0 Å². The van der Waals surface area contributed by atoms with Crippen LogP contribution in [0.15, 0.2) is 42.5 Å². The van der Waals surface area contributed by atoms with E-state index in [1.165, 1.54) is 5.56 Å². The molecule has 0 spiro atoms. The van der Waals surface area contributed by atoms with Crippen molar-refractivity contribution < 1.29 is 14.2 Å². The van der Waals surface area contributed by atoms with Gasteiger partial charge in [-0.05, 0) is 38.0 Å². The molecule has 25 heavy (non-hydrogen) atoms. The number of nitrogens with one attached hydrogen (secondary N) is 1. The summed E-state index contributed by atoms with van der Waals surface area (Å²) in [7, 11) is 1.66. The molecule has 1 aliphatic heterocycles. The Morgan fingerprint density at radius 2 is 1.80 bits per heavy atom. The number of ether oxygens (including phenoxy) is 3. The molecule has 134 valence electrons. The summed E-state index contributed by atoms with van der Waals surface area (Å²) in [5.41, 5.74) is 3.11. The van der Waals surface area contributed by atoms with Gasteiger partial charge in [-0.25, -0.2) is 0 Å². The zero-order chi connectivity index (χ0) is 17.9. The first-order valence-electron chi connectivity index (χ1n) is 9.02. The number of para-hydroxylation sites is 1. The fraction of sp³-hybridized carbons (Fsp3) is 0.429. The molecule has 1 heterocycles. The summed E-state index contributed by atoms with van der Waals surface area (Å²) in [5.74, 6) is 1.48. The number of hydrogen-bond acceptors (Lipinski definition) is 4. The van der Waals surface area contributed by atoms with Crippen molar-refractivity contribution in [3.05, 3.63) is 53.6 Å². The molecule has 0 unspecified atom stereocenters. The Balaban J connectivity index is 1.99. The lowest BCUT2D eigenvalue weighted by Crippen LogP contribution is -2.37. The normalized spacial score (nSPS) is 18.2. The summed E-state index contributed by atoms with van der Waals surface area (Å²) in [6.45, 7) is 6.94. The Bertz CT molecular complexity index is 725. The molecule has 3 rings (SSSR count). The van der Waals surface area contributed by atoms with Crippen molar-refractivity contribution >= 4 is 5.69 Å². The van der Waals surface area contributed by atoms with Gasteiger partial charge in [0.2, 0.25) is 0 Å². The number of anilines is 1. The number of methoxy groups -OCH3 is 1. The van der Waals surface area contributed by atoms with Gasteiger partial charge in [0.25, 0.3) is 0 Å². The number of hydrogen-bond donors (Lipinski definition) is 1. The number of benzene rings is 2. The van der Waals surface area contributed by atoms with Gasteiger partial charge in [0.05, 0.1) is 19.3 Å². The lowest BCUT2D eigenvalue weighted by atomic mass is 9.85. The molecule has 4 nitrogen and oxygen atoms in total. The van der Waals surface area contributed by atoms with Gasteiger partial charge in [0, 0.05) is 16.8 Å². The van der Waals surface area contributed by atoms with Gasteiger partial charge in [-0.3, -0.25) is 0 Å². The van der Waals surface area contributed by atoms with E-state index in [0.29, 0.717) is 6.61 Å². The van der Waals surface area contributed by atoms with Gasteiger partial charge in [-0.1, -0.05) is 38.1 Å². The van der Waals surface area contributed by atoms with Crippen LogP contribution in [0.1, 0.15) is 51.0 Å². The van der Waals surface area contributed by atoms with Gasteiger partial charge in [0.1, 0.15) is 0 Å². The molecule has 0 bridgehead atoms. The lowest BCUT2D eigenvalue weighted by Gasteiger charge is -2.43. The second-order valence-electron chi connectivity index (χ2n) is 6.23. The predicted molar refractivity (Wildman–Crippen MR) is 100 cm³/mol. The van der Waals surface area contributed by atoms with Crippen molar-refractivity contribution in [1.82, 2.24) is 0 Å². The smallest absolute Gasteiger partial charge is 0.161 e. The first-order chi connectivity index (χ1) is 12.2. The summed E-state index contributed by atoms with van der Waals surface area (Å²) >= 11 is 0. The average Bonchev–Trinajstić information content (AvgIpc) is 2.67. The van der Waals surface area contributed by atoms with Crippen LogP contribution in [0.2, 0.25) is 0 Å². The first kappa shape index (κ1) is 17.6. The minimum atomic E-state index is -0.279. The Hall–Kier alpha value is -2.20. The van der Waals surface area contributed by atoms with Gasteiger partial charge < -0.3 is 19.5 Å². The zero-order valence-corrected chi connectivity index (χ0v) is 15.5. The van der Waals surface area contributed by atoms with Crippen LogP contribution in [0, 0.1) is 0 Å². The minimum absolute atomic E-state index is 0.223. The third-order valence-electron chi connectivity index (χ3n) is 4.98. The van der Waals surface area contributed by atoms with Crippen LogP contribution in [0.3, 0.4) is 0 Å². The molecule has 0 aliphatic carbocycles. The maximum absolute atomic E-state index is 6.58. The van der Waals surface area contributed by atoms with Gasteiger partial charge >= 0.3 is 0 Å². The van der Waals surface area contributed by atoms with Crippen molar-refractivity contribution in [2.45, 2.75) is 45.4 Å². The highest BCUT2D eigenvalue weighted by molar-refractivity contribution is 5.57. The summed E-state index contributed by atoms with van der Waals surface area (Å²) in [4.78, 5) is 0. The minimum Gasteiger partial charge on any atom is -0.493 e. The molecule has 2 aromatic rings. The molecule has 0 aromatic heterocycles. The van der Waals surface area contributed by atoms with Crippen LogP contribution in [0.25, 0.3) is 0 Å². The molecule has 4 heteroatoms. The average molecular weight is 341 g/mol. The van der Waals surface area contributed by atoms with E-state index in [0.717, 1.165) is 35.6 Å². The summed E-state index contributed by atoms with van der Waals surface area (Å²) < 4.78 is 17.7. The van der Waals surface area contributed by atoms with Crippen LogP contribution in [-0.4, -0.2) is 13.7 Å². The molecule has 0 saturated heterocycles. The molecule has 2 aromatic carbocycles. The van der Waals surface area contributed by atoms with Gasteiger partial charge in [-0.15, -0.1) is 0 Å². The third-order valence-corrected chi connectivity index (χ3v) is 4.98. The Morgan fingerprint density at radius 3 is 2.48 bits per heavy atom. The number of fused-ring (bicyclic) bond motifs is 1. The van der Waals surface area contributed by atoms with Gasteiger partial charge in [0.15, 0.2) is 17.7 Å². The highest BCUT2D eigenvalue weighted by atomic mass is 16.5. The molecule has 1 atom stereocenters. The van der Waals surface area contributed by atoms with Crippen LogP contribution < -0.4 is 14.8 Å². The highest BCUT2D eigenvalue weighted by Gasteiger charge is 2.39. The van der Waals surface area contributed by atoms with Gasteiger partial charge in [-0.2, -0.15) is 0 Å². The summed E-state index contributed by atoms with van der Waals surface area (Å²) in [6.07, 6.45) is 1.62. The monoisotopic (exact) mass is 341 g/mol. The molecular weight excluding hydrogens is 314 g/mol. The van der Waals surface area contributed by atoms with Crippen LogP contribution >= 0.6 is 0 Å². The third kappa shape index (κ3) is 3.19. The topological polar surface area (TPSA) is 39.7 Å². The first-order valence-corrected chi connectivity index (χ1v) is 9.02. The maximum atomic E-state index is 6.58. The van der Waals surface area contributed by atoms with Crippen molar-refractivity contribution in [2.24, 2.45) is 0 Å². The van der Waals surface area contributed by atoms with E-state index >= 15 is 0 Å². The quantitative estimate of drug-likeness (QED) is 0.779. The van der Waals surface area contributed by atoms with E-state index in [1.54, 1.807) is 7.11 Å². The maximum Gasteiger partial charge on any atom is 0.161 e. The Labute approximate surface area is 150 Å². The van der Waals surface area contributed by atoms with Crippen molar-refractivity contribution in [3.63, 3.8) is 0 Å². The van der Waals surface area contributed by atoms with Crippen LogP contribution in [0.4, 0.5) is 5.69 Å². The Morgan fingerprint density at radius 1 is 1.04 bits per heavy atom. The summed E-state index contributed by atoms with van der Waals surface area (Å²) in [5, 5.41) is 3.52. The number of rotatable bonds is 6. The Kier molecular flexibility index (Phi) is 5.19. The molecule has 0 amide bonds. The molecule has 1 aliphatic rings. The van der Waals surface area contributed by atoms with E-state index in [9.17, 15) is 0 Å². The lowest BCUT2D eigenvalue weighted by molar-refractivity contribution is -0.103. The zero-order valence-electron chi connectivity index (χ0n) is 15.5. The SMILES string of the molecule is CCOc1ccc([C@H]2Nc3ccccc3C(CC)(CC)O2)cc1OC. The molecule has 1 N–H and O–H groups in total. The van der Waals surface area contributed by atoms with E-state index in [2.05, 4.69) is 43.4 Å². The van der Waals surface area contributed by atoms with E-state index in [4.69, 9.17) is 14.2 Å². The van der Waals surface area contributed by atoms with E-state index < -0.39 is 0 Å². The van der Waals surface area contributed by atoms with Crippen molar-refractivity contribution in [3.8, 4) is 11.5 Å². The summed E-state index contributed by atoms with van der Waals surface area (Å²) in [6, 6.07) is 14.4. The second kappa shape index (κ2) is 7.36. The van der Waals surface area contributed by atoms with Crippen molar-refractivity contribution in [1.29, 1.82) is 0 Å². The van der Waals surface area contributed by atoms with Crippen LogP contribution in [0.5, 0.6) is 11.5 Å². The predicted octanol–water partition coefficient (Wildman–Crippen LogP) is 5.25. The molecule has 0 saturated carbocycles.